The van der Waals surface area contributed by atoms with Crippen LogP contribution in [0.2, 0.25) is 0 Å². The lowest BCUT2D eigenvalue weighted by molar-refractivity contribution is 0.476. The van der Waals surface area contributed by atoms with Crippen LogP contribution in [0.5, 0.6) is 0 Å². The molecule has 138 valence electrons. The van der Waals surface area contributed by atoms with Gasteiger partial charge in [0.15, 0.2) is 0 Å². The van der Waals surface area contributed by atoms with Gasteiger partial charge in [0.2, 0.25) is 0 Å². The second kappa shape index (κ2) is 9.86. The van der Waals surface area contributed by atoms with Gasteiger partial charge in [0.1, 0.15) is 0 Å². The molecule has 0 aliphatic rings. The highest BCUT2D eigenvalue weighted by molar-refractivity contribution is 5.73. The summed E-state index contributed by atoms with van der Waals surface area (Å²) in [6, 6.07) is 17.1. The number of unbranched alkanes of at least 4 members (excludes halogenated alkanes) is 1. The zero-order valence-corrected chi connectivity index (χ0v) is 16.5. The van der Waals surface area contributed by atoms with E-state index in [1.54, 1.807) is 0 Å². The lowest BCUT2D eigenvalue weighted by Crippen LogP contribution is -2.25. The number of nitrogens with zero attached hydrogens (tertiary/aromatic N) is 2. The predicted molar refractivity (Wildman–Crippen MR) is 116 cm³/mol. The number of hydrogen-bond acceptors (Lipinski definition) is 2. The van der Waals surface area contributed by atoms with Gasteiger partial charge < -0.3 is 9.80 Å². The fourth-order valence-corrected chi connectivity index (χ4v) is 3.14. The van der Waals surface area contributed by atoms with Gasteiger partial charge in [-0.3, -0.25) is 0 Å². The van der Waals surface area contributed by atoms with E-state index in [2.05, 4.69) is 86.3 Å². The highest BCUT2D eigenvalue weighted by Gasteiger charge is 2.12. The van der Waals surface area contributed by atoms with E-state index in [0.29, 0.717) is 0 Å². The average Bonchev–Trinajstić information content (AvgIpc) is 2.68. The molecule has 0 bridgehead atoms. The predicted octanol–water partition coefficient (Wildman–Crippen LogP) is 6.06. The third-order valence-corrected chi connectivity index (χ3v) is 4.81. The van der Waals surface area contributed by atoms with Crippen molar-refractivity contribution < 1.29 is 0 Å². The van der Waals surface area contributed by atoms with E-state index in [4.69, 9.17) is 0 Å². The number of hydrogen-bond donors (Lipinski definition) is 0. The van der Waals surface area contributed by atoms with E-state index >= 15 is 0 Å². The standard InChI is InChI=1S/C24H32N2/c1-6-9-17-26(8-3)24-18-23(16-15-22(24)7-2)20(4)25(5)19-21-13-11-10-12-14-21/h7,10-16,18H,2,4,6,8-9,17,19H2,1,3,5H3. The summed E-state index contributed by atoms with van der Waals surface area (Å²) in [7, 11) is 2.10. The van der Waals surface area contributed by atoms with Crippen LogP contribution in [-0.4, -0.2) is 25.0 Å². The molecule has 26 heavy (non-hydrogen) atoms. The number of benzene rings is 2. The van der Waals surface area contributed by atoms with Crippen molar-refractivity contribution in [2.75, 3.05) is 25.0 Å². The molecule has 0 radical (unpaired) electrons. The summed E-state index contributed by atoms with van der Waals surface area (Å²) >= 11 is 0. The number of anilines is 1. The van der Waals surface area contributed by atoms with Gasteiger partial charge in [-0.2, -0.15) is 0 Å². The first-order valence-corrected chi connectivity index (χ1v) is 9.56. The van der Waals surface area contributed by atoms with Gasteiger partial charge in [0, 0.05) is 38.1 Å². The molecule has 2 nitrogen and oxygen atoms in total. The Morgan fingerprint density at radius 3 is 2.42 bits per heavy atom. The van der Waals surface area contributed by atoms with Crippen LogP contribution in [-0.2, 0) is 6.54 Å². The molecular formula is C24H32N2. The van der Waals surface area contributed by atoms with Crippen molar-refractivity contribution in [3.63, 3.8) is 0 Å². The molecule has 0 saturated heterocycles. The molecule has 0 aromatic heterocycles. The first-order chi connectivity index (χ1) is 12.6. The van der Waals surface area contributed by atoms with Crippen molar-refractivity contribution in [2.45, 2.75) is 33.2 Å². The van der Waals surface area contributed by atoms with Crippen LogP contribution in [0.15, 0.2) is 61.7 Å². The van der Waals surface area contributed by atoms with Gasteiger partial charge in [-0.15, -0.1) is 0 Å². The van der Waals surface area contributed by atoms with E-state index in [9.17, 15) is 0 Å². The fraction of sp³-hybridized carbons (Fsp3) is 0.333. The molecule has 0 atom stereocenters. The first kappa shape index (κ1) is 19.8. The smallest absolute Gasteiger partial charge is 0.0446 e. The van der Waals surface area contributed by atoms with Crippen LogP contribution in [0.1, 0.15) is 43.4 Å². The zero-order chi connectivity index (χ0) is 18.9. The molecule has 0 N–H and O–H groups in total. The molecule has 2 rings (SSSR count). The minimum atomic E-state index is 0.853. The summed E-state index contributed by atoms with van der Waals surface area (Å²) in [6.45, 7) is 15.7. The van der Waals surface area contributed by atoms with Crippen molar-refractivity contribution in [1.29, 1.82) is 0 Å². The topological polar surface area (TPSA) is 6.48 Å². The van der Waals surface area contributed by atoms with Gasteiger partial charge >= 0.3 is 0 Å². The van der Waals surface area contributed by atoms with Crippen molar-refractivity contribution in [1.82, 2.24) is 4.90 Å². The summed E-state index contributed by atoms with van der Waals surface area (Å²) < 4.78 is 0. The molecule has 2 aromatic carbocycles. The largest absolute Gasteiger partial charge is 0.371 e. The maximum atomic E-state index is 4.35. The van der Waals surface area contributed by atoms with Crippen LogP contribution < -0.4 is 4.90 Å². The van der Waals surface area contributed by atoms with E-state index in [1.807, 2.05) is 12.1 Å². The summed E-state index contributed by atoms with van der Waals surface area (Å²) in [5.41, 5.74) is 5.93. The Balaban J connectivity index is 2.24. The van der Waals surface area contributed by atoms with Crippen LogP contribution in [0, 0.1) is 0 Å². The summed E-state index contributed by atoms with van der Waals surface area (Å²) in [5.74, 6) is 0. The lowest BCUT2D eigenvalue weighted by Gasteiger charge is -2.27. The molecule has 0 spiro atoms. The quantitative estimate of drug-likeness (QED) is 0.515. The second-order valence-corrected chi connectivity index (χ2v) is 6.70. The van der Waals surface area contributed by atoms with Gasteiger partial charge in [0.25, 0.3) is 0 Å². The minimum Gasteiger partial charge on any atom is -0.371 e. The maximum Gasteiger partial charge on any atom is 0.0446 e. The Morgan fingerprint density at radius 2 is 1.81 bits per heavy atom. The molecule has 0 saturated carbocycles. The van der Waals surface area contributed by atoms with Crippen LogP contribution >= 0.6 is 0 Å². The highest BCUT2D eigenvalue weighted by atomic mass is 15.1. The molecular weight excluding hydrogens is 316 g/mol. The van der Waals surface area contributed by atoms with Gasteiger partial charge in [-0.05, 0) is 36.1 Å². The van der Waals surface area contributed by atoms with Crippen molar-refractivity contribution in [2.24, 2.45) is 0 Å². The van der Waals surface area contributed by atoms with Gasteiger partial charge in [-0.1, -0.05) is 75.0 Å². The molecule has 2 heteroatoms. The van der Waals surface area contributed by atoms with Crippen LogP contribution in [0.4, 0.5) is 5.69 Å². The molecule has 0 aliphatic carbocycles. The molecule has 0 amide bonds. The number of rotatable bonds is 10. The van der Waals surface area contributed by atoms with E-state index < -0.39 is 0 Å². The van der Waals surface area contributed by atoms with Crippen molar-refractivity contribution >= 4 is 17.5 Å². The summed E-state index contributed by atoms with van der Waals surface area (Å²) in [4.78, 5) is 4.65. The van der Waals surface area contributed by atoms with E-state index in [0.717, 1.165) is 25.3 Å². The Labute approximate surface area is 159 Å². The first-order valence-electron chi connectivity index (χ1n) is 9.56. The molecule has 0 heterocycles. The average molecular weight is 349 g/mol. The Morgan fingerprint density at radius 1 is 1.08 bits per heavy atom. The Hall–Kier alpha value is -2.48. The molecule has 0 aliphatic heterocycles. The summed E-state index contributed by atoms with van der Waals surface area (Å²) in [5, 5.41) is 0. The van der Waals surface area contributed by atoms with Crippen molar-refractivity contribution in [3.05, 3.63) is 78.4 Å². The monoisotopic (exact) mass is 348 g/mol. The molecule has 0 fully saturated rings. The fourth-order valence-electron chi connectivity index (χ4n) is 3.14. The third kappa shape index (κ3) is 5.01. The highest BCUT2D eigenvalue weighted by Crippen LogP contribution is 2.28. The van der Waals surface area contributed by atoms with Crippen LogP contribution in [0.3, 0.4) is 0 Å². The molecule has 2 aromatic rings. The van der Waals surface area contributed by atoms with Gasteiger partial charge in [0.05, 0.1) is 0 Å². The molecule has 0 unspecified atom stereocenters. The SMILES string of the molecule is C=Cc1ccc(C(=C)N(C)Cc2ccccc2)cc1N(CC)CCCC. The maximum absolute atomic E-state index is 4.35. The second-order valence-electron chi connectivity index (χ2n) is 6.70. The zero-order valence-electron chi connectivity index (χ0n) is 16.5. The van der Waals surface area contributed by atoms with E-state index in [-0.39, 0.29) is 0 Å². The van der Waals surface area contributed by atoms with Gasteiger partial charge in [-0.25, -0.2) is 0 Å². The lowest BCUT2D eigenvalue weighted by atomic mass is 10.0. The Bertz CT molecular complexity index is 718. The van der Waals surface area contributed by atoms with Crippen molar-refractivity contribution in [3.8, 4) is 0 Å². The minimum absolute atomic E-state index is 0.853. The van der Waals surface area contributed by atoms with E-state index in [1.165, 1.54) is 35.2 Å². The summed E-state index contributed by atoms with van der Waals surface area (Å²) in [6.07, 6.45) is 4.35. The normalized spacial score (nSPS) is 10.4. The third-order valence-electron chi connectivity index (χ3n) is 4.81. The Kier molecular flexibility index (Phi) is 7.53. The van der Waals surface area contributed by atoms with Crippen LogP contribution in [0.25, 0.3) is 11.8 Å².